The second-order valence-electron chi connectivity index (χ2n) is 2.00. The van der Waals surface area contributed by atoms with Gasteiger partial charge in [-0.3, -0.25) is 9.59 Å². The molecule has 0 bridgehead atoms. The van der Waals surface area contributed by atoms with Crippen molar-refractivity contribution in [1.82, 2.24) is 0 Å². The molecule has 3 heteroatoms. The molecule has 0 spiro atoms. The zero-order valence-corrected chi connectivity index (χ0v) is 4.39. The largest absolute Gasteiger partial charge is 0.363 e. The number of Topliss-reactive ketones (excluding diaryl/α,β-unsaturated/α-hetero) is 1. The number of carbonyl (C=O) groups excluding carboxylic acids is 2. The van der Waals surface area contributed by atoms with Crippen molar-refractivity contribution in [3.8, 4) is 0 Å². The number of primary amides is 1. The van der Waals surface area contributed by atoms with Crippen LogP contribution in [0.15, 0.2) is 0 Å². The van der Waals surface area contributed by atoms with Gasteiger partial charge < -0.3 is 5.73 Å². The van der Waals surface area contributed by atoms with E-state index < -0.39 is 11.7 Å². The number of rotatable bonds is 2. The van der Waals surface area contributed by atoms with Crippen molar-refractivity contribution in [3.63, 3.8) is 0 Å². The zero-order valence-electron chi connectivity index (χ0n) is 4.39. The lowest BCUT2D eigenvalue weighted by Crippen LogP contribution is -2.24. The van der Waals surface area contributed by atoms with Gasteiger partial charge in [-0.2, -0.15) is 0 Å². The Hall–Kier alpha value is -0.860. The molecule has 1 rings (SSSR count). The normalized spacial score (nSPS) is 18.0. The minimum absolute atomic E-state index is 0.0208. The average Bonchev–Trinajstić information content (AvgIpc) is 2.43. The number of hydrogen-bond donors (Lipinski definition) is 1. The van der Waals surface area contributed by atoms with E-state index in [2.05, 4.69) is 5.73 Å². The lowest BCUT2D eigenvalue weighted by Gasteiger charge is -1.84. The molecule has 1 fully saturated rings. The van der Waals surface area contributed by atoms with Gasteiger partial charge in [0.2, 0.25) is 5.78 Å². The number of carbonyl (C=O) groups is 2. The average molecular weight is 113 g/mol. The fraction of sp³-hybridized carbons (Fsp3) is 0.600. The first-order valence-electron chi connectivity index (χ1n) is 2.55. The quantitative estimate of drug-likeness (QED) is 0.488. The van der Waals surface area contributed by atoms with Crippen LogP contribution in [0.5, 0.6) is 0 Å². The molecular weight excluding hydrogens is 106 g/mol. The molecule has 1 aliphatic carbocycles. The maximum atomic E-state index is 10.4. The van der Waals surface area contributed by atoms with Crippen LogP contribution in [-0.4, -0.2) is 11.7 Å². The first kappa shape index (κ1) is 5.28. The molecule has 1 saturated carbocycles. The summed E-state index contributed by atoms with van der Waals surface area (Å²) < 4.78 is 0. The van der Waals surface area contributed by atoms with E-state index in [1.54, 1.807) is 0 Å². The van der Waals surface area contributed by atoms with Crippen LogP contribution in [-0.2, 0) is 9.59 Å². The molecule has 0 aromatic carbocycles. The molecule has 1 aliphatic rings. The fourth-order valence-electron chi connectivity index (χ4n) is 0.547. The fourth-order valence-corrected chi connectivity index (χ4v) is 0.547. The Bertz CT molecular complexity index is 137. The smallest absolute Gasteiger partial charge is 0.285 e. The maximum Gasteiger partial charge on any atom is 0.285 e. The molecule has 2 N–H and O–H groups in total. The van der Waals surface area contributed by atoms with Gasteiger partial charge in [-0.25, -0.2) is 0 Å². The van der Waals surface area contributed by atoms with E-state index in [0.29, 0.717) is 0 Å². The molecule has 0 heterocycles. The van der Waals surface area contributed by atoms with Crippen molar-refractivity contribution in [3.05, 3.63) is 0 Å². The highest BCUT2D eigenvalue weighted by atomic mass is 16.2. The Morgan fingerprint density at radius 1 is 1.38 bits per heavy atom. The molecule has 0 aromatic rings. The third kappa shape index (κ3) is 0.857. The summed E-state index contributed by atoms with van der Waals surface area (Å²) in [6.45, 7) is 0. The van der Waals surface area contributed by atoms with Crippen molar-refractivity contribution in [1.29, 1.82) is 0 Å². The SMILES string of the molecule is NC(=O)C(=O)C1CC1. The maximum absolute atomic E-state index is 10.4. The van der Waals surface area contributed by atoms with Crippen LogP contribution < -0.4 is 5.73 Å². The van der Waals surface area contributed by atoms with Gasteiger partial charge in [0, 0.05) is 5.92 Å². The van der Waals surface area contributed by atoms with E-state index >= 15 is 0 Å². The van der Waals surface area contributed by atoms with Crippen LogP contribution in [0.2, 0.25) is 0 Å². The standard InChI is InChI=1S/C5H7NO2/c6-5(8)4(7)3-1-2-3/h3H,1-2H2,(H2,6,8). The second-order valence-corrected chi connectivity index (χ2v) is 2.00. The number of hydrogen-bond acceptors (Lipinski definition) is 2. The Balaban J connectivity index is 2.45. The summed E-state index contributed by atoms with van der Waals surface area (Å²) in [6, 6.07) is 0. The zero-order chi connectivity index (χ0) is 6.15. The topological polar surface area (TPSA) is 60.2 Å². The molecule has 0 aliphatic heterocycles. The molecule has 0 radical (unpaired) electrons. The van der Waals surface area contributed by atoms with E-state index in [9.17, 15) is 9.59 Å². The van der Waals surface area contributed by atoms with Crippen LogP contribution in [0, 0.1) is 5.92 Å². The molecule has 3 nitrogen and oxygen atoms in total. The van der Waals surface area contributed by atoms with Crippen LogP contribution in [0.1, 0.15) is 12.8 Å². The summed E-state index contributed by atoms with van der Waals surface area (Å²) in [5, 5.41) is 0. The molecular formula is C5H7NO2. The molecule has 1 amide bonds. The van der Waals surface area contributed by atoms with E-state index in [0.717, 1.165) is 12.8 Å². The molecule has 0 saturated heterocycles. The van der Waals surface area contributed by atoms with Gasteiger partial charge in [-0.15, -0.1) is 0 Å². The third-order valence-corrected chi connectivity index (χ3v) is 1.19. The van der Waals surface area contributed by atoms with Gasteiger partial charge in [-0.1, -0.05) is 0 Å². The monoisotopic (exact) mass is 113 g/mol. The predicted molar refractivity (Wildman–Crippen MR) is 26.9 cm³/mol. The molecule has 0 atom stereocenters. The van der Waals surface area contributed by atoms with E-state index in [4.69, 9.17) is 0 Å². The van der Waals surface area contributed by atoms with Gasteiger partial charge >= 0.3 is 0 Å². The number of nitrogens with two attached hydrogens (primary N) is 1. The summed E-state index contributed by atoms with van der Waals surface area (Å²) in [7, 11) is 0. The minimum atomic E-state index is -0.785. The summed E-state index contributed by atoms with van der Waals surface area (Å²) in [6.07, 6.45) is 1.70. The lowest BCUT2D eigenvalue weighted by molar-refractivity contribution is -0.136. The lowest BCUT2D eigenvalue weighted by atomic mass is 10.3. The number of ketones is 1. The second kappa shape index (κ2) is 1.58. The summed E-state index contributed by atoms with van der Waals surface area (Å²) >= 11 is 0. The van der Waals surface area contributed by atoms with Crippen molar-refractivity contribution < 1.29 is 9.59 Å². The van der Waals surface area contributed by atoms with E-state index in [1.807, 2.05) is 0 Å². The molecule has 0 aromatic heterocycles. The van der Waals surface area contributed by atoms with Gasteiger partial charge in [-0.05, 0) is 12.8 Å². The minimum Gasteiger partial charge on any atom is -0.363 e. The Labute approximate surface area is 46.9 Å². The van der Waals surface area contributed by atoms with Gasteiger partial charge in [0.25, 0.3) is 5.91 Å². The predicted octanol–water partition coefficient (Wildman–Crippen LogP) is -0.549. The summed E-state index contributed by atoms with van der Waals surface area (Å²) in [4.78, 5) is 20.5. The van der Waals surface area contributed by atoms with Gasteiger partial charge in [0.1, 0.15) is 0 Å². The van der Waals surface area contributed by atoms with Crippen molar-refractivity contribution >= 4 is 11.7 Å². The first-order chi connectivity index (χ1) is 3.72. The van der Waals surface area contributed by atoms with Crippen LogP contribution in [0.4, 0.5) is 0 Å². The summed E-state index contributed by atoms with van der Waals surface area (Å²) in [5.74, 6) is -1.20. The van der Waals surface area contributed by atoms with Crippen molar-refractivity contribution in [2.75, 3.05) is 0 Å². The van der Waals surface area contributed by atoms with Crippen LogP contribution >= 0.6 is 0 Å². The highest BCUT2D eigenvalue weighted by Gasteiger charge is 2.32. The highest BCUT2D eigenvalue weighted by Crippen LogP contribution is 2.29. The van der Waals surface area contributed by atoms with Crippen molar-refractivity contribution in [2.45, 2.75) is 12.8 Å². The van der Waals surface area contributed by atoms with Crippen molar-refractivity contribution in [2.24, 2.45) is 11.7 Å². The first-order valence-corrected chi connectivity index (χ1v) is 2.55. The highest BCUT2D eigenvalue weighted by molar-refractivity contribution is 6.36. The third-order valence-electron chi connectivity index (χ3n) is 1.19. The Morgan fingerprint density at radius 2 is 1.88 bits per heavy atom. The Kier molecular flexibility index (Phi) is 1.04. The molecule has 44 valence electrons. The van der Waals surface area contributed by atoms with Gasteiger partial charge in [0.05, 0.1) is 0 Å². The van der Waals surface area contributed by atoms with E-state index in [-0.39, 0.29) is 5.92 Å². The van der Waals surface area contributed by atoms with Gasteiger partial charge in [0.15, 0.2) is 0 Å². The summed E-state index contributed by atoms with van der Waals surface area (Å²) in [5.41, 5.74) is 4.69. The van der Waals surface area contributed by atoms with Crippen LogP contribution in [0.3, 0.4) is 0 Å². The number of amides is 1. The molecule has 0 unspecified atom stereocenters. The van der Waals surface area contributed by atoms with Crippen LogP contribution in [0.25, 0.3) is 0 Å². The Morgan fingerprint density at radius 3 is 2.00 bits per heavy atom. The van der Waals surface area contributed by atoms with E-state index in [1.165, 1.54) is 0 Å². The molecule has 8 heavy (non-hydrogen) atoms.